The lowest BCUT2D eigenvalue weighted by Crippen LogP contribution is -2.14. The van der Waals surface area contributed by atoms with E-state index in [4.69, 9.17) is 15.6 Å². The highest BCUT2D eigenvalue weighted by Crippen LogP contribution is 2.27. The number of hydrogen-bond donors (Lipinski definition) is 2. The molecule has 0 amide bonds. The lowest BCUT2D eigenvalue weighted by Gasteiger charge is -2.15. The molecule has 20 heavy (non-hydrogen) atoms. The Morgan fingerprint density at radius 1 is 1.20 bits per heavy atom. The van der Waals surface area contributed by atoms with Crippen LogP contribution in [0.4, 0.5) is 11.7 Å². The van der Waals surface area contributed by atoms with Crippen LogP contribution >= 0.6 is 0 Å². The summed E-state index contributed by atoms with van der Waals surface area (Å²) in [7, 11) is 1.87. The molecule has 0 aliphatic rings. The van der Waals surface area contributed by atoms with Crippen LogP contribution < -0.4 is 10.6 Å². The second-order valence-electron chi connectivity index (χ2n) is 4.49. The zero-order valence-electron chi connectivity index (χ0n) is 11.0. The van der Waals surface area contributed by atoms with Gasteiger partial charge in [0.05, 0.1) is 0 Å². The number of benzene rings is 2. The first-order valence-electron chi connectivity index (χ1n) is 6.19. The number of rotatable bonds is 3. The minimum absolute atomic E-state index is 0.0396. The number of fused-ring (bicyclic) bond motifs is 1. The van der Waals surface area contributed by atoms with Crippen molar-refractivity contribution in [2.75, 3.05) is 11.9 Å². The van der Waals surface area contributed by atoms with Gasteiger partial charge in [0.1, 0.15) is 11.4 Å². The van der Waals surface area contributed by atoms with Crippen molar-refractivity contribution in [2.24, 2.45) is 5.73 Å². The maximum absolute atomic E-state index is 7.49. The van der Waals surface area contributed by atoms with Crippen LogP contribution in [-0.2, 0) is 0 Å². The number of nitrogens with two attached hydrogens (primary N) is 1. The average molecular weight is 266 g/mol. The first-order chi connectivity index (χ1) is 9.65. The van der Waals surface area contributed by atoms with Crippen LogP contribution in [0.5, 0.6) is 0 Å². The first-order valence-corrected chi connectivity index (χ1v) is 6.19. The second kappa shape index (κ2) is 4.70. The third-order valence-corrected chi connectivity index (χ3v) is 3.11. The number of nitrogens with one attached hydrogen (secondary N) is 1. The Balaban J connectivity index is 2.01. The van der Waals surface area contributed by atoms with Gasteiger partial charge in [-0.25, -0.2) is 0 Å². The molecule has 0 aliphatic heterocycles. The van der Waals surface area contributed by atoms with E-state index in [0.29, 0.717) is 11.6 Å². The second-order valence-corrected chi connectivity index (χ2v) is 4.49. The summed E-state index contributed by atoms with van der Waals surface area (Å²) in [5.41, 5.74) is 8.61. The van der Waals surface area contributed by atoms with Gasteiger partial charge in [0.15, 0.2) is 5.58 Å². The summed E-state index contributed by atoms with van der Waals surface area (Å²) >= 11 is 0. The smallest absolute Gasteiger partial charge is 0.302 e. The molecule has 3 N–H and O–H groups in total. The lowest BCUT2D eigenvalue weighted by molar-refractivity contribution is 0.603. The summed E-state index contributed by atoms with van der Waals surface area (Å²) in [6, 6.07) is 15.5. The van der Waals surface area contributed by atoms with Gasteiger partial charge in [-0.2, -0.15) is 4.98 Å². The molecular formula is C15H14N4O. The van der Waals surface area contributed by atoms with Crippen molar-refractivity contribution in [3.63, 3.8) is 0 Å². The van der Waals surface area contributed by atoms with Gasteiger partial charge in [-0.15, -0.1) is 0 Å². The van der Waals surface area contributed by atoms with Crippen LogP contribution in [0.25, 0.3) is 11.1 Å². The molecule has 2 aromatic carbocycles. The van der Waals surface area contributed by atoms with Gasteiger partial charge < -0.3 is 10.2 Å². The number of hydrogen-bond acceptors (Lipinski definition) is 4. The standard InChI is InChI=1S/C15H14N4O/c1-19(11-6-4-5-10(9-11)14(16)17)15-18-12-7-2-3-8-13(12)20-15/h2-9H,1H3,(H3,16,17). The Labute approximate surface area is 116 Å². The molecule has 0 fully saturated rings. The SMILES string of the molecule is CN(c1cccc(C(=N)N)c1)c1nc2ccccc2o1. The first kappa shape index (κ1) is 12.2. The highest BCUT2D eigenvalue weighted by molar-refractivity contribution is 5.96. The Hall–Kier alpha value is -2.82. The molecular weight excluding hydrogens is 252 g/mol. The molecule has 0 radical (unpaired) electrons. The molecule has 0 aliphatic carbocycles. The van der Waals surface area contributed by atoms with Crippen LogP contribution in [0.3, 0.4) is 0 Å². The molecule has 3 aromatic rings. The summed E-state index contributed by atoms with van der Waals surface area (Å²) in [6.45, 7) is 0. The average Bonchev–Trinajstić information content (AvgIpc) is 2.90. The lowest BCUT2D eigenvalue weighted by atomic mass is 10.2. The van der Waals surface area contributed by atoms with Crippen LogP contribution in [0.15, 0.2) is 52.9 Å². The molecule has 0 saturated heterocycles. The zero-order valence-corrected chi connectivity index (χ0v) is 11.0. The van der Waals surface area contributed by atoms with Crippen molar-refractivity contribution in [3.8, 4) is 0 Å². The van der Waals surface area contributed by atoms with Crippen molar-refractivity contribution in [3.05, 3.63) is 54.1 Å². The van der Waals surface area contributed by atoms with Crippen LogP contribution in [0.1, 0.15) is 5.56 Å². The third kappa shape index (κ3) is 2.09. The Bertz CT molecular complexity index is 745. The van der Waals surface area contributed by atoms with E-state index in [0.717, 1.165) is 16.8 Å². The Morgan fingerprint density at radius 2 is 2.00 bits per heavy atom. The number of anilines is 2. The fraction of sp³-hybridized carbons (Fsp3) is 0.0667. The van der Waals surface area contributed by atoms with Gasteiger partial charge >= 0.3 is 6.01 Å². The molecule has 5 nitrogen and oxygen atoms in total. The Morgan fingerprint density at radius 3 is 2.75 bits per heavy atom. The highest BCUT2D eigenvalue weighted by Gasteiger charge is 2.12. The quantitative estimate of drug-likeness (QED) is 0.564. The van der Waals surface area contributed by atoms with E-state index >= 15 is 0 Å². The van der Waals surface area contributed by atoms with E-state index < -0.39 is 0 Å². The van der Waals surface area contributed by atoms with Crippen molar-refractivity contribution in [1.82, 2.24) is 4.98 Å². The zero-order chi connectivity index (χ0) is 14.1. The van der Waals surface area contributed by atoms with Crippen molar-refractivity contribution < 1.29 is 4.42 Å². The van der Waals surface area contributed by atoms with Crippen LogP contribution in [0, 0.1) is 5.41 Å². The highest BCUT2D eigenvalue weighted by atomic mass is 16.4. The number of oxazole rings is 1. The van der Waals surface area contributed by atoms with E-state index in [9.17, 15) is 0 Å². The maximum atomic E-state index is 7.49. The molecule has 5 heteroatoms. The van der Waals surface area contributed by atoms with Crippen molar-refractivity contribution >= 4 is 28.6 Å². The van der Waals surface area contributed by atoms with Gasteiger partial charge in [-0.1, -0.05) is 24.3 Å². The van der Waals surface area contributed by atoms with E-state index in [1.807, 2.05) is 54.4 Å². The maximum Gasteiger partial charge on any atom is 0.302 e. The summed E-state index contributed by atoms with van der Waals surface area (Å²) < 4.78 is 5.71. The van der Waals surface area contributed by atoms with Gasteiger partial charge in [-0.05, 0) is 24.3 Å². The topological polar surface area (TPSA) is 79.1 Å². The number of amidine groups is 1. The minimum Gasteiger partial charge on any atom is -0.423 e. The summed E-state index contributed by atoms with van der Waals surface area (Å²) in [4.78, 5) is 6.26. The van der Waals surface area contributed by atoms with Gasteiger partial charge in [0.2, 0.25) is 0 Å². The molecule has 0 unspecified atom stereocenters. The summed E-state index contributed by atoms with van der Waals surface area (Å²) in [5, 5.41) is 7.49. The van der Waals surface area contributed by atoms with Gasteiger partial charge in [0.25, 0.3) is 0 Å². The predicted octanol–water partition coefficient (Wildman–Crippen LogP) is 2.88. The molecule has 1 aromatic heterocycles. The van der Waals surface area contributed by atoms with Crippen molar-refractivity contribution in [1.29, 1.82) is 5.41 Å². The van der Waals surface area contributed by atoms with Gasteiger partial charge in [0, 0.05) is 18.3 Å². The molecule has 0 spiro atoms. The van der Waals surface area contributed by atoms with Crippen molar-refractivity contribution in [2.45, 2.75) is 0 Å². The van der Waals surface area contributed by atoms with Crippen LogP contribution in [-0.4, -0.2) is 17.9 Å². The fourth-order valence-corrected chi connectivity index (χ4v) is 2.00. The third-order valence-electron chi connectivity index (χ3n) is 3.11. The monoisotopic (exact) mass is 266 g/mol. The number of nitrogen functional groups attached to an aromatic ring is 1. The largest absolute Gasteiger partial charge is 0.423 e. The summed E-state index contributed by atoms with van der Waals surface area (Å²) in [6.07, 6.45) is 0. The number of para-hydroxylation sites is 2. The Kier molecular flexibility index (Phi) is 2.87. The molecule has 100 valence electrons. The van der Waals surface area contributed by atoms with E-state index in [2.05, 4.69) is 4.98 Å². The van der Waals surface area contributed by atoms with E-state index in [1.54, 1.807) is 6.07 Å². The van der Waals surface area contributed by atoms with E-state index in [1.165, 1.54) is 0 Å². The van der Waals surface area contributed by atoms with Crippen LogP contribution in [0.2, 0.25) is 0 Å². The summed E-state index contributed by atoms with van der Waals surface area (Å²) in [5.74, 6) is 0.0396. The predicted molar refractivity (Wildman–Crippen MR) is 79.5 cm³/mol. The number of aromatic nitrogens is 1. The number of nitrogens with zero attached hydrogens (tertiary/aromatic N) is 2. The van der Waals surface area contributed by atoms with Gasteiger partial charge in [-0.3, -0.25) is 10.3 Å². The molecule has 3 rings (SSSR count). The normalized spacial score (nSPS) is 10.7. The van der Waals surface area contributed by atoms with E-state index in [-0.39, 0.29) is 5.84 Å². The molecule has 0 atom stereocenters. The molecule has 0 bridgehead atoms. The molecule has 0 saturated carbocycles. The molecule has 1 heterocycles. The minimum atomic E-state index is 0.0396. The fourth-order valence-electron chi connectivity index (χ4n) is 2.00.